The second-order valence-corrected chi connectivity index (χ2v) is 12.4. The number of thiophene rings is 1. The Balaban J connectivity index is 1.41. The van der Waals surface area contributed by atoms with Crippen molar-refractivity contribution in [1.29, 1.82) is 0 Å². The zero-order chi connectivity index (χ0) is 29.7. The summed E-state index contributed by atoms with van der Waals surface area (Å²) < 4.78 is 5.08. The summed E-state index contributed by atoms with van der Waals surface area (Å²) in [4.78, 5) is 2.39. The Morgan fingerprint density at radius 2 is 1.07 bits per heavy atom. The van der Waals surface area contributed by atoms with Crippen LogP contribution in [-0.4, -0.2) is 4.57 Å². The third kappa shape index (κ3) is 4.16. The first kappa shape index (κ1) is 25.8. The van der Waals surface area contributed by atoms with Gasteiger partial charge in [-0.1, -0.05) is 109 Å². The predicted molar refractivity (Wildman–Crippen MR) is 194 cm³/mol. The Kier molecular flexibility index (Phi) is 6.03. The molecule has 0 aliphatic carbocycles. The third-order valence-electron chi connectivity index (χ3n) is 8.77. The van der Waals surface area contributed by atoms with Crippen LogP contribution in [0.1, 0.15) is 0 Å². The lowest BCUT2D eigenvalue weighted by Gasteiger charge is -2.27. The summed E-state index contributed by atoms with van der Waals surface area (Å²) in [5, 5.41) is 5.10. The minimum atomic E-state index is 1.13. The maximum Gasteiger partial charge on any atom is 0.0640 e. The van der Waals surface area contributed by atoms with E-state index in [0.717, 1.165) is 22.7 Å². The molecule has 2 aromatic heterocycles. The molecule has 0 aliphatic heterocycles. The Hall–Kier alpha value is -5.64. The van der Waals surface area contributed by atoms with Gasteiger partial charge in [0, 0.05) is 53.6 Å². The Labute approximate surface area is 265 Å². The fourth-order valence-electron chi connectivity index (χ4n) is 6.82. The molecule has 0 saturated heterocycles. The molecule has 3 heteroatoms. The molecule has 45 heavy (non-hydrogen) atoms. The van der Waals surface area contributed by atoms with Crippen LogP contribution in [0.4, 0.5) is 17.1 Å². The van der Waals surface area contributed by atoms with Gasteiger partial charge in [0.15, 0.2) is 0 Å². The van der Waals surface area contributed by atoms with E-state index in [1.54, 1.807) is 0 Å². The van der Waals surface area contributed by atoms with E-state index in [1.165, 1.54) is 53.1 Å². The van der Waals surface area contributed by atoms with Crippen LogP contribution in [0.5, 0.6) is 0 Å². The first-order valence-electron chi connectivity index (χ1n) is 15.3. The van der Waals surface area contributed by atoms with Gasteiger partial charge in [-0.05, 0) is 66.2 Å². The molecule has 9 rings (SSSR count). The van der Waals surface area contributed by atoms with Gasteiger partial charge in [0.2, 0.25) is 0 Å². The van der Waals surface area contributed by atoms with Crippen LogP contribution in [0.2, 0.25) is 0 Å². The standard InChI is InChI=1S/C42H28N2S/c1-4-14-30(15-5-1)43(31-16-6-2-7-17-31)38-27-26-33(29-24-25-35-34-20-11-13-23-39(34)45-40(35)28-29)42-41(38)36-21-10-12-22-37(36)44(42)32-18-8-3-9-19-32/h1-28H. The molecule has 0 saturated carbocycles. The molecule has 0 aliphatic rings. The lowest BCUT2D eigenvalue weighted by atomic mass is 9.98. The van der Waals surface area contributed by atoms with Gasteiger partial charge in [0.05, 0.1) is 16.7 Å². The SMILES string of the molecule is c1ccc(N(c2ccccc2)c2ccc(-c3ccc4c(c3)sc3ccccc34)c3c2c2ccccc2n3-c2ccccc2)cc1. The third-order valence-corrected chi connectivity index (χ3v) is 9.90. The number of anilines is 3. The minimum Gasteiger partial charge on any atom is -0.310 e. The Bertz CT molecular complexity index is 2440. The highest BCUT2D eigenvalue weighted by Crippen LogP contribution is 2.47. The molecule has 2 heterocycles. The number of rotatable bonds is 5. The molecule has 0 atom stereocenters. The summed E-state index contributed by atoms with van der Waals surface area (Å²) in [6, 6.07) is 61.3. The quantitative estimate of drug-likeness (QED) is 0.193. The highest BCUT2D eigenvalue weighted by molar-refractivity contribution is 7.25. The number of hydrogen-bond donors (Lipinski definition) is 0. The van der Waals surface area contributed by atoms with Crippen molar-refractivity contribution < 1.29 is 0 Å². The van der Waals surface area contributed by atoms with Crippen LogP contribution < -0.4 is 4.90 Å². The Morgan fingerprint density at radius 1 is 0.467 bits per heavy atom. The number of nitrogens with zero attached hydrogens (tertiary/aromatic N) is 2. The first-order chi connectivity index (χ1) is 22.3. The van der Waals surface area contributed by atoms with Crippen molar-refractivity contribution in [2.24, 2.45) is 0 Å². The molecule has 0 fully saturated rings. The minimum absolute atomic E-state index is 1.13. The second-order valence-electron chi connectivity index (χ2n) is 11.4. The van der Waals surface area contributed by atoms with Crippen molar-refractivity contribution in [3.8, 4) is 16.8 Å². The van der Waals surface area contributed by atoms with Gasteiger partial charge in [-0.25, -0.2) is 0 Å². The molecule has 9 aromatic rings. The first-order valence-corrected chi connectivity index (χ1v) is 16.1. The van der Waals surface area contributed by atoms with Crippen LogP contribution in [-0.2, 0) is 0 Å². The molecular formula is C42H28N2S. The summed E-state index contributed by atoms with van der Waals surface area (Å²) >= 11 is 1.87. The van der Waals surface area contributed by atoms with Gasteiger partial charge in [-0.2, -0.15) is 0 Å². The topological polar surface area (TPSA) is 8.17 Å². The molecule has 7 aromatic carbocycles. The molecule has 0 spiro atoms. The lowest BCUT2D eigenvalue weighted by molar-refractivity contribution is 1.18. The van der Waals surface area contributed by atoms with Gasteiger partial charge in [0.1, 0.15) is 0 Å². The maximum atomic E-state index is 2.45. The fraction of sp³-hybridized carbons (Fsp3) is 0. The summed E-state index contributed by atoms with van der Waals surface area (Å²) in [7, 11) is 0. The second kappa shape index (κ2) is 10.5. The highest BCUT2D eigenvalue weighted by atomic mass is 32.1. The summed E-state index contributed by atoms with van der Waals surface area (Å²) in [6.45, 7) is 0. The van der Waals surface area contributed by atoms with Gasteiger partial charge in [-0.3, -0.25) is 0 Å². The zero-order valence-electron chi connectivity index (χ0n) is 24.5. The average Bonchev–Trinajstić information content (AvgIpc) is 3.66. The Morgan fingerprint density at radius 3 is 1.80 bits per heavy atom. The average molecular weight is 593 g/mol. The summed E-state index contributed by atoms with van der Waals surface area (Å²) in [6.07, 6.45) is 0. The maximum absolute atomic E-state index is 2.45. The van der Waals surface area contributed by atoms with E-state index < -0.39 is 0 Å². The van der Waals surface area contributed by atoms with Crippen LogP contribution in [0.15, 0.2) is 170 Å². The highest BCUT2D eigenvalue weighted by Gasteiger charge is 2.23. The zero-order valence-corrected chi connectivity index (χ0v) is 25.3. The fourth-order valence-corrected chi connectivity index (χ4v) is 7.96. The molecular weight excluding hydrogens is 565 g/mol. The van der Waals surface area contributed by atoms with Gasteiger partial charge < -0.3 is 9.47 Å². The number of benzene rings is 7. The normalized spacial score (nSPS) is 11.6. The van der Waals surface area contributed by atoms with E-state index in [-0.39, 0.29) is 0 Å². The van der Waals surface area contributed by atoms with E-state index in [9.17, 15) is 0 Å². The van der Waals surface area contributed by atoms with Gasteiger partial charge in [0.25, 0.3) is 0 Å². The molecule has 0 amide bonds. The van der Waals surface area contributed by atoms with E-state index in [4.69, 9.17) is 0 Å². The number of fused-ring (bicyclic) bond motifs is 6. The van der Waals surface area contributed by atoms with E-state index >= 15 is 0 Å². The largest absolute Gasteiger partial charge is 0.310 e. The number of para-hydroxylation sites is 4. The van der Waals surface area contributed by atoms with Crippen molar-refractivity contribution >= 4 is 70.4 Å². The molecule has 212 valence electrons. The van der Waals surface area contributed by atoms with Crippen LogP contribution in [0.25, 0.3) is 58.8 Å². The van der Waals surface area contributed by atoms with Crippen molar-refractivity contribution in [2.45, 2.75) is 0 Å². The van der Waals surface area contributed by atoms with E-state index in [1.807, 2.05) is 11.3 Å². The van der Waals surface area contributed by atoms with Crippen molar-refractivity contribution in [3.63, 3.8) is 0 Å². The smallest absolute Gasteiger partial charge is 0.0640 e. The van der Waals surface area contributed by atoms with Crippen LogP contribution in [0, 0.1) is 0 Å². The van der Waals surface area contributed by atoms with Crippen molar-refractivity contribution in [1.82, 2.24) is 4.57 Å². The van der Waals surface area contributed by atoms with Crippen LogP contribution >= 0.6 is 11.3 Å². The van der Waals surface area contributed by atoms with Crippen LogP contribution in [0.3, 0.4) is 0 Å². The van der Waals surface area contributed by atoms with E-state index in [0.29, 0.717) is 0 Å². The monoisotopic (exact) mass is 592 g/mol. The van der Waals surface area contributed by atoms with Crippen molar-refractivity contribution in [2.75, 3.05) is 4.90 Å². The number of hydrogen-bond acceptors (Lipinski definition) is 2. The predicted octanol–water partition coefficient (Wildman–Crippen LogP) is 12.3. The summed E-state index contributed by atoms with van der Waals surface area (Å²) in [5.74, 6) is 0. The number of aromatic nitrogens is 1. The summed E-state index contributed by atoms with van der Waals surface area (Å²) in [5.41, 5.74) is 9.39. The van der Waals surface area contributed by atoms with E-state index in [2.05, 4.69) is 179 Å². The van der Waals surface area contributed by atoms with Gasteiger partial charge in [-0.15, -0.1) is 11.3 Å². The molecule has 0 unspecified atom stereocenters. The molecule has 2 nitrogen and oxygen atoms in total. The lowest BCUT2D eigenvalue weighted by Crippen LogP contribution is -2.10. The molecule has 0 bridgehead atoms. The molecule has 0 radical (unpaired) electrons. The van der Waals surface area contributed by atoms with Crippen molar-refractivity contribution in [3.05, 3.63) is 170 Å². The molecule has 0 N–H and O–H groups in total. The van der Waals surface area contributed by atoms with Gasteiger partial charge >= 0.3 is 0 Å².